The van der Waals surface area contributed by atoms with E-state index in [1.54, 1.807) is 6.20 Å². The van der Waals surface area contributed by atoms with Crippen LogP contribution >= 0.6 is 24.0 Å². The molecule has 2 rings (SSSR count). The van der Waals surface area contributed by atoms with Crippen molar-refractivity contribution in [2.45, 2.75) is 67.0 Å². The Kier molecular flexibility index (Phi) is 9.46. The summed E-state index contributed by atoms with van der Waals surface area (Å²) in [4.78, 5) is 8.93. The van der Waals surface area contributed by atoms with E-state index in [1.165, 1.54) is 5.69 Å². The molecule has 0 bridgehead atoms. The number of nitrogens with zero attached hydrogens (tertiary/aromatic N) is 4. The number of aliphatic imine (C=N–C) groups is 1. The molecule has 0 spiro atoms. The van der Waals surface area contributed by atoms with E-state index in [0.29, 0.717) is 18.4 Å². The van der Waals surface area contributed by atoms with Gasteiger partial charge in [0, 0.05) is 30.7 Å². The third-order valence-corrected chi connectivity index (χ3v) is 4.22. The van der Waals surface area contributed by atoms with Crippen LogP contribution in [0.1, 0.15) is 57.7 Å². The molecule has 1 unspecified atom stereocenters. The van der Waals surface area contributed by atoms with Crippen LogP contribution in [0.5, 0.6) is 0 Å². The summed E-state index contributed by atoms with van der Waals surface area (Å²) in [5, 5.41) is 11.2. The summed E-state index contributed by atoms with van der Waals surface area (Å²) in [7, 11) is 0. The molecule has 0 aliphatic heterocycles. The Morgan fingerprint density at radius 3 is 2.54 bits per heavy atom. The van der Waals surface area contributed by atoms with Gasteiger partial charge in [0.05, 0.1) is 11.9 Å². The summed E-state index contributed by atoms with van der Waals surface area (Å²) in [6.45, 7) is 17.6. The van der Waals surface area contributed by atoms with Crippen LogP contribution in [0, 0.1) is 19.8 Å². The van der Waals surface area contributed by atoms with Crippen LogP contribution in [0.3, 0.4) is 0 Å². The van der Waals surface area contributed by atoms with Crippen LogP contribution in [-0.2, 0) is 18.5 Å². The van der Waals surface area contributed by atoms with E-state index in [1.807, 2.05) is 6.92 Å². The minimum atomic E-state index is -0.0455. The summed E-state index contributed by atoms with van der Waals surface area (Å²) in [6.07, 6.45) is 1.79. The third kappa shape index (κ3) is 7.44. The quantitative estimate of drug-likeness (QED) is 0.342. The van der Waals surface area contributed by atoms with Gasteiger partial charge in [0.25, 0.3) is 0 Å². The highest BCUT2D eigenvalue weighted by atomic mass is 127. The van der Waals surface area contributed by atoms with Gasteiger partial charge in [-0.1, -0.05) is 27.7 Å². The van der Waals surface area contributed by atoms with E-state index in [0.717, 1.165) is 37.0 Å². The van der Waals surface area contributed by atoms with E-state index < -0.39 is 0 Å². The molecule has 0 aromatic carbocycles. The number of hydrogen-bond donors (Lipinski definition) is 2. The number of guanidine groups is 1. The van der Waals surface area contributed by atoms with Crippen molar-refractivity contribution in [2.24, 2.45) is 10.9 Å². The highest BCUT2D eigenvalue weighted by molar-refractivity contribution is 14.0. The molecule has 0 radical (unpaired) electrons. The van der Waals surface area contributed by atoms with Gasteiger partial charge in [-0.05, 0) is 32.8 Å². The standard InChI is InChI=1S/C20H34N6O.HI/c1-8-21-19(24-12-18-22-11-17(27-18)20(5,6)7)23-10-14(2)13-26-16(4)9-15(3)25-26;/h9,11,14H,8,10,12-13H2,1-7H3,(H2,21,23,24);1H. The maximum absolute atomic E-state index is 5.81. The van der Waals surface area contributed by atoms with Gasteiger partial charge in [0.15, 0.2) is 5.96 Å². The zero-order valence-corrected chi connectivity index (χ0v) is 20.5. The normalized spacial score (nSPS) is 13.2. The molecule has 0 saturated carbocycles. The fourth-order valence-electron chi connectivity index (χ4n) is 2.71. The molecular formula is C20H35IN6O. The molecule has 2 aromatic heterocycles. The molecule has 0 aliphatic carbocycles. The Morgan fingerprint density at radius 1 is 1.29 bits per heavy atom. The molecule has 28 heavy (non-hydrogen) atoms. The zero-order chi connectivity index (χ0) is 20.0. The number of hydrogen-bond acceptors (Lipinski definition) is 4. The lowest BCUT2D eigenvalue weighted by molar-refractivity contribution is 0.383. The van der Waals surface area contributed by atoms with Crippen molar-refractivity contribution >= 4 is 29.9 Å². The van der Waals surface area contributed by atoms with Crippen LogP contribution in [-0.4, -0.2) is 33.8 Å². The van der Waals surface area contributed by atoms with Gasteiger partial charge in [-0.25, -0.2) is 9.98 Å². The number of rotatable bonds is 7. The average Bonchev–Trinajstić information content (AvgIpc) is 3.17. The molecule has 1 atom stereocenters. The SMILES string of the molecule is CCNC(=NCc1ncc(C(C)(C)C)o1)NCC(C)Cn1nc(C)cc1C.I. The minimum Gasteiger partial charge on any atom is -0.443 e. The first-order valence-electron chi connectivity index (χ1n) is 9.67. The lowest BCUT2D eigenvalue weighted by Crippen LogP contribution is -2.40. The fraction of sp³-hybridized carbons (Fsp3) is 0.650. The summed E-state index contributed by atoms with van der Waals surface area (Å²) in [5.74, 6) is 2.70. The highest BCUT2D eigenvalue weighted by Gasteiger charge is 2.19. The highest BCUT2D eigenvalue weighted by Crippen LogP contribution is 2.22. The molecule has 2 N–H and O–H groups in total. The van der Waals surface area contributed by atoms with Gasteiger partial charge in [-0.3, -0.25) is 4.68 Å². The van der Waals surface area contributed by atoms with E-state index >= 15 is 0 Å². The summed E-state index contributed by atoms with van der Waals surface area (Å²) >= 11 is 0. The van der Waals surface area contributed by atoms with E-state index in [9.17, 15) is 0 Å². The van der Waals surface area contributed by atoms with Crippen molar-refractivity contribution in [3.63, 3.8) is 0 Å². The maximum atomic E-state index is 5.81. The first kappa shape index (κ1) is 24.5. The predicted octanol–water partition coefficient (Wildman–Crippen LogP) is 3.79. The molecule has 7 nitrogen and oxygen atoms in total. The Hall–Kier alpha value is -1.58. The van der Waals surface area contributed by atoms with Crippen molar-refractivity contribution < 1.29 is 4.42 Å². The first-order chi connectivity index (χ1) is 12.7. The van der Waals surface area contributed by atoms with Crippen LogP contribution in [0.2, 0.25) is 0 Å². The predicted molar refractivity (Wildman–Crippen MR) is 124 cm³/mol. The monoisotopic (exact) mass is 502 g/mol. The van der Waals surface area contributed by atoms with E-state index in [2.05, 4.69) is 78.0 Å². The van der Waals surface area contributed by atoms with Crippen LogP contribution in [0.4, 0.5) is 0 Å². The van der Waals surface area contributed by atoms with Gasteiger partial charge in [-0.15, -0.1) is 24.0 Å². The summed E-state index contributed by atoms with van der Waals surface area (Å²) in [5.41, 5.74) is 2.21. The molecule has 8 heteroatoms. The maximum Gasteiger partial charge on any atom is 0.216 e. The first-order valence-corrected chi connectivity index (χ1v) is 9.67. The van der Waals surface area contributed by atoms with Crippen LogP contribution in [0.15, 0.2) is 21.7 Å². The Morgan fingerprint density at radius 2 is 2.00 bits per heavy atom. The second kappa shape index (κ2) is 10.8. The second-order valence-corrected chi connectivity index (χ2v) is 8.16. The zero-order valence-electron chi connectivity index (χ0n) is 18.2. The molecule has 2 heterocycles. The Balaban J connectivity index is 0.00000392. The molecule has 0 amide bonds. The smallest absolute Gasteiger partial charge is 0.216 e. The summed E-state index contributed by atoms with van der Waals surface area (Å²) in [6, 6.07) is 2.11. The second-order valence-electron chi connectivity index (χ2n) is 8.16. The third-order valence-electron chi connectivity index (χ3n) is 4.22. The lowest BCUT2D eigenvalue weighted by Gasteiger charge is -2.16. The van der Waals surface area contributed by atoms with Gasteiger partial charge >= 0.3 is 0 Å². The Bertz CT molecular complexity index is 759. The van der Waals surface area contributed by atoms with Gasteiger partial charge in [0.1, 0.15) is 12.3 Å². The molecule has 158 valence electrons. The number of aromatic nitrogens is 3. The van der Waals surface area contributed by atoms with Crippen LogP contribution in [0.25, 0.3) is 0 Å². The van der Waals surface area contributed by atoms with Crippen molar-refractivity contribution in [3.05, 3.63) is 35.3 Å². The molecular weight excluding hydrogens is 467 g/mol. The minimum absolute atomic E-state index is 0. The number of oxazole rings is 1. The van der Waals surface area contributed by atoms with E-state index in [-0.39, 0.29) is 29.4 Å². The number of nitrogens with one attached hydrogen (secondary N) is 2. The van der Waals surface area contributed by atoms with Gasteiger partial charge in [0.2, 0.25) is 5.89 Å². The fourth-order valence-corrected chi connectivity index (χ4v) is 2.71. The van der Waals surface area contributed by atoms with Crippen molar-refractivity contribution in [1.82, 2.24) is 25.4 Å². The van der Waals surface area contributed by atoms with E-state index in [4.69, 9.17) is 4.42 Å². The van der Waals surface area contributed by atoms with Crippen molar-refractivity contribution in [2.75, 3.05) is 13.1 Å². The molecule has 0 saturated heterocycles. The average molecular weight is 502 g/mol. The number of halogens is 1. The Labute approximate surface area is 185 Å². The van der Waals surface area contributed by atoms with Crippen molar-refractivity contribution in [1.29, 1.82) is 0 Å². The molecule has 2 aromatic rings. The summed E-state index contributed by atoms with van der Waals surface area (Å²) < 4.78 is 7.87. The molecule has 0 aliphatic rings. The van der Waals surface area contributed by atoms with Gasteiger partial charge in [-0.2, -0.15) is 5.10 Å². The topological polar surface area (TPSA) is 80.3 Å². The largest absolute Gasteiger partial charge is 0.443 e. The molecule has 0 fully saturated rings. The van der Waals surface area contributed by atoms with Crippen molar-refractivity contribution in [3.8, 4) is 0 Å². The van der Waals surface area contributed by atoms with Crippen LogP contribution < -0.4 is 10.6 Å². The number of aryl methyl sites for hydroxylation is 2. The lowest BCUT2D eigenvalue weighted by atomic mass is 9.94. The van der Waals surface area contributed by atoms with Gasteiger partial charge < -0.3 is 15.1 Å².